The molecule has 0 saturated carbocycles. The number of methoxy groups -OCH3 is 1. The van der Waals surface area contributed by atoms with Crippen molar-refractivity contribution in [3.8, 4) is 11.5 Å². The van der Waals surface area contributed by atoms with Crippen molar-refractivity contribution in [1.29, 1.82) is 0 Å². The molecule has 3 heteroatoms. The average molecular weight is 281 g/mol. The number of hydrogen-bond acceptors (Lipinski definition) is 2. The quantitative estimate of drug-likeness (QED) is 0.719. The Kier molecular flexibility index (Phi) is 3.57. The molecule has 0 aliphatic heterocycles. The van der Waals surface area contributed by atoms with Crippen LogP contribution in [-0.4, -0.2) is 11.7 Å². The van der Waals surface area contributed by atoms with E-state index in [-0.39, 0.29) is 0 Å². The van der Waals surface area contributed by atoms with Gasteiger partial charge in [0.05, 0.1) is 18.3 Å². The van der Waals surface area contributed by atoms with Gasteiger partial charge >= 0.3 is 0 Å². The molecule has 2 aromatic carbocycles. The van der Waals surface area contributed by atoms with Gasteiger partial charge in [-0.1, -0.05) is 30.3 Å². The maximum absolute atomic E-state index is 5.92. The summed E-state index contributed by atoms with van der Waals surface area (Å²) in [6.45, 7) is 2.65. The molecule has 3 aromatic rings. The third kappa shape index (κ3) is 2.47. The van der Waals surface area contributed by atoms with E-state index in [1.807, 2.05) is 24.3 Å². The van der Waals surface area contributed by atoms with E-state index < -0.39 is 0 Å². The van der Waals surface area contributed by atoms with Crippen LogP contribution in [-0.2, 0) is 13.7 Å². The average Bonchev–Trinajstić information content (AvgIpc) is 2.83. The van der Waals surface area contributed by atoms with E-state index in [1.54, 1.807) is 7.11 Å². The van der Waals surface area contributed by atoms with Crippen molar-refractivity contribution in [2.24, 2.45) is 7.05 Å². The number of rotatable bonds is 4. The van der Waals surface area contributed by atoms with E-state index in [2.05, 4.69) is 42.8 Å². The van der Waals surface area contributed by atoms with Gasteiger partial charge in [0.15, 0.2) is 11.5 Å². The summed E-state index contributed by atoms with van der Waals surface area (Å²) in [6, 6.07) is 16.2. The molecule has 0 bridgehead atoms. The molecule has 0 aliphatic rings. The first kappa shape index (κ1) is 13.6. The summed E-state index contributed by atoms with van der Waals surface area (Å²) >= 11 is 0. The van der Waals surface area contributed by atoms with Crippen molar-refractivity contribution in [3.63, 3.8) is 0 Å². The van der Waals surface area contributed by atoms with Crippen molar-refractivity contribution >= 4 is 10.9 Å². The lowest BCUT2D eigenvalue weighted by Gasteiger charge is -2.11. The van der Waals surface area contributed by atoms with Crippen LogP contribution < -0.4 is 9.47 Å². The Morgan fingerprint density at radius 2 is 1.76 bits per heavy atom. The summed E-state index contributed by atoms with van der Waals surface area (Å²) in [6.07, 6.45) is 0. The van der Waals surface area contributed by atoms with Gasteiger partial charge in [-0.15, -0.1) is 0 Å². The normalized spacial score (nSPS) is 10.8. The zero-order chi connectivity index (χ0) is 14.8. The van der Waals surface area contributed by atoms with Crippen LogP contribution in [0, 0.1) is 6.92 Å². The van der Waals surface area contributed by atoms with Crippen molar-refractivity contribution in [1.82, 2.24) is 4.57 Å². The van der Waals surface area contributed by atoms with Gasteiger partial charge in [-0.2, -0.15) is 0 Å². The van der Waals surface area contributed by atoms with Crippen LogP contribution in [0.2, 0.25) is 0 Å². The summed E-state index contributed by atoms with van der Waals surface area (Å²) in [5.41, 5.74) is 3.68. The van der Waals surface area contributed by atoms with Gasteiger partial charge in [0.25, 0.3) is 0 Å². The van der Waals surface area contributed by atoms with Crippen LogP contribution >= 0.6 is 0 Å². The molecular formula is C18H19NO2. The third-order valence-corrected chi connectivity index (χ3v) is 3.80. The number of aryl methyl sites for hydroxylation is 2. The van der Waals surface area contributed by atoms with Crippen LogP contribution in [0.15, 0.2) is 48.5 Å². The minimum Gasteiger partial charge on any atom is -0.493 e. The number of fused-ring (bicyclic) bond motifs is 1. The minimum atomic E-state index is 0.519. The highest BCUT2D eigenvalue weighted by molar-refractivity contribution is 5.84. The molecule has 0 N–H and O–H groups in total. The predicted octanol–water partition coefficient (Wildman–Crippen LogP) is 4.07. The van der Waals surface area contributed by atoms with Crippen LogP contribution in [0.4, 0.5) is 0 Å². The Morgan fingerprint density at radius 1 is 1.00 bits per heavy atom. The number of benzene rings is 2. The van der Waals surface area contributed by atoms with Gasteiger partial charge in [-0.05, 0) is 30.7 Å². The lowest BCUT2D eigenvalue weighted by Crippen LogP contribution is -2.03. The highest BCUT2D eigenvalue weighted by atomic mass is 16.5. The summed E-state index contributed by atoms with van der Waals surface area (Å²) in [7, 11) is 3.73. The zero-order valence-corrected chi connectivity index (χ0v) is 12.6. The van der Waals surface area contributed by atoms with Crippen LogP contribution in [0.5, 0.6) is 11.5 Å². The standard InChI is InChI=1S/C18H19NO2/c1-13-7-6-8-14-11-15(19(2)18(13)14)12-21-17-10-5-4-9-16(17)20-3/h4-11H,12H2,1-3H3. The molecule has 0 atom stereocenters. The Morgan fingerprint density at radius 3 is 2.48 bits per heavy atom. The molecule has 0 saturated heterocycles. The fraction of sp³-hybridized carbons (Fsp3) is 0.222. The Labute approximate surface area is 124 Å². The van der Waals surface area contributed by atoms with E-state index >= 15 is 0 Å². The second kappa shape index (κ2) is 5.52. The molecule has 3 rings (SSSR count). The number of aromatic nitrogens is 1. The summed E-state index contributed by atoms with van der Waals surface area (Å²) in [4.78, 5) is 0. The van der Waals surface area contributed by atoms with E-state index in [1.165, 1.54) is 16.5 Å². The number of para-hydroxylation sites is 3. The first-order valence-corrected chi connectivity index (χ1v) is 7.00. The molecule has 1 heterocycles. The van der Waals surface area contributed by atoms with Crippen LogP contribution in [0.1, 0.15) is 11.3 Å². The zero-order valence-electron chi connectivity index (χ0n) is 12.6. The van der Waals surface area contributed by atoms with Gasteiger partial charge in [-0.25, -0.2) is 0 Å². The van der Waals surface area contributed by atoms with E-state index in [4.69, 9.17) is 9.47 Å². The maximum Gasteiger partial charge on any atom is 0.161 e. The monoisotopic (exact) mass is 281 g/mol. The number of nitrogens with zero attached hydrogens (tertiary/aromatic N) is 1. The largest absolute Gasteiger partial charge is 0.493 e. The van der Waals surface area contributed by atoms with Crippen molar-refractivity contribution < 1.29 is 9.47 Å². The Balaban J connectivity index is 1.89. The van der Waals surface area contributed by atoms with E-state index in [9.17, 15) is 0 Å². The SMILES string of the molecule is COc1ccccc1OCc1cc2cccc(C)c2n1C. The first-order valence-electron chi connectivity index (χ1n) is 7.00. The fourth-order valence-electron chi connectivity index (χ4n) is 2.70. The fourth-order valence-corrected chi connectivity index (χ4v) is 2.70. The summed E-state index contributed by atoms with van der Waals surface area (Å²) in [5.74, 6) is 1.52. The molecule has 0 spiro atoms. The molecule has 0 amide bonds. The Hall–Kier alpha value is -2.42. The summed E-state index contributed by atoms with van der Waals surface area (Å²) in [5, 5.41) is 1.25. The summed E-state index contributed by atoms with van der Waals surface area (Å²) < 4.78 is 13.4. The van der Waals surface area contributed by atoms with E-state index in [0.717, 1.165) is 17.2 Å². The van der Waals surface area contributed by atoms with Gasteiger partial charge in [0.1, 0.15) is 6.61 Å². The minimum absolute atomic E-state index is 0.519. The molecular weight excluding hydrogens is 262 g/mol. The topological polar surface area (TPSA) is 23.4 Å². The Bertz CT molecular complexity index is 774. The van der Waals surface area contributed by atoms with Gasteiger partial charge in [-0.3, -0.25) is 0 Å². The maximum atomic E-state index is 5.92. The van der Waals surface area contributed by atoms with Gasteiger partial charge in [0, 0.05) is 12.4 Å². The van der Waals surface area contributed by atoms with Crippen LogP contribution in [0.25, 0.3) is 10.9 Å². The molecule has 108 valence electrons. The smallest absolute Gasteiger partial charge is 0.161 e. The molecule has 0 unspecified atom stereocenters. The molecule has 0 fully saturated rings. The number of ether oxygens (including phenoxy) is 2. The van der Waals surface area contributed by atoms with Gasteiger partial charge in [0.2, 0.25) is 0 Å². The highest BCUT2D eigenvalue weighted by Gasteiger charge is 2.09. The van der Waals surface area contributed by atoms with Crippen molar-refractivity contribution in [3.05, 3.63) is 59.8 Å². The lowest BCUT2D eigenvalue weighted by molar-refractivity contribution is 0.278. The first-order chi connectivity index (χ1) is 10.2. The second-order valence-corrected chi connectivity index (χ2v) is 5.15. The second-order valence-electron chi connectivity index (χ2n) is 5.15. The molecule has 21 heavy (non-hydrogen) atoms. The van der Waals surface area contributed by atoms with Crippen molar-refractivity contribution in [2.75, 3.05) is 7.11 Å². The van der Waals surface area contributed by atoms with E-state index in [0.29, 0.717) is 6.61 Å². The molecule has 3 nitrogen and oxygen atoms in total. The molecule has 0 aliphatic carbocycles. The highest BCUT2D eigenvalue weighted by Crippen LogP contribution is 2.28. The lowest BCUT2D eigenvalue weighted by atomic mass is 10.2. The van der Waals surface area contributed by atoms with Crippen LogP contribution in [0.3, 0.4) is 0 Å². The molecule has 1 aromatic heterocycles. The van der Waals surface area contributed by atoms with Gasteiger partial charge < -0.3 is 14.0 Å². The number of hydrogen-bond donors (Lipinski definition) is 0. The van der Waals surface area contributed by atoms with Crippen molar-refractivity contribution in [2.45, 2.75) is 13.5 Å². The third-order valence-electron chi connectivity index (χ3n) is 3.80. The predicted molar refractivity (Wildman–Crippen MR) is 85.0 cm³/mol. The molecule has 0 radical (unpaired) electrons.